The van der Waals surface area contributed by atoms with E-state index in [9.17, 15) is 9.59 Å². The molecule has 4 nitrogen and oxygen atoms in total. The number of thioether (sulfide) groups is 1. The first-order valence-corrected chi connectivity index (χ1v) is 8.44. The Hall–Kier alpha value is -1.95. The molecule has 0 bridgehead atoms. The Morgan fingerprint density at radius 3 is 2.42 bits per heavy atom. The van der Waals surface area contributed by atoms with Crippen molar-refractivity contribution in [2.24, 2.45) is 0 Å². The van der Waals surface area contributed by atoms with Crippen molar-refractivity contribution in [1.82, 2.24) is 0 Å². The summed E-state index contributed by atoms with van der Waals surface area (Å²) in [5.74, 6) is 0.169. The van der Waals surface area contributed by atoms with E-state index in [1.807, 2.05) is 0 Å². The molecule has 1 saturated heterocycles. The van der Waals surface area contributed by atoms with Crippen molar-refractivity contribution < 1.29 is 14.3 Å². The van der Waals surface area contributed by atoms with E-state index in [-0.39, 0.29) is 11.1 Å². The Labute approximate surface area is 153 Å². The maximum Gasteiger partial charge on any atom is 0.298 e. The molecule has 0 aromatic heterocycles. The highest BCUT2D eigenvalue weighted by molar-refractivity contribution is 8.19. The molecule has 24 heavy (non-hydrogen) atoms. The molecule has 0 unspecified atom stereocenters. The van der Waals surface area contributed by atoms with Crippen LogP contribution in [0.5, 0.6) is 5.75 Å². The van der Waals surface area contributed by atoms with Crippen LogP contribution in [0.4, 0.5) is 10.5 Å². The molecule has 0 saturated carbocycles. The van der Waals surface area contributed by atoms with Gasteiger partial charge in [0.25, 0.3) is 11.1 Å². The first-order chi connectivity index (χ1) is 11.5. The van der Waals surface area contributed by atoms with Gasteiger partial charge >= 0.3 is 0 Å². The molecule has 0 N–H and O–H groups in total. The summed E-state index contributed by atoms with van der Waals surface area (Å²) < 4.78 is 5.09. The number of anilines is 1. The number of rotatable bonds is 3. The summed E-state index contributed by atoms with van der Waals surface area (Å²) in [5.41, 5.74) is 1.19. The maximum absolute atomic E-state index is 12.5. The zero-order chi connectivity index (χ0) is 17.3. The molecule has 0 atom stereocenters. The first kappa shape index (κ1) is 16.9. The summed E-state index contributed by atoms with van der Waals surface area (Å²) in [6.07, 6.45) is 1.63. The van der Waals surface area contributed by atoms with E-state index in [1.54, 1.807) is 48.5 Å². The van der Waals surface area contributed by atoms with E-state index in [0.29, 0.717) is 32.0 Å². The largest absolute Gasteiger partial charge is 0.495 e. The van der Waals surface area contributed by atoms with E-state index in [0.717, 1.165) is 16.7 Å². The van der Waals surface area contributed by atoms with Gasteiger partial charge in [0.05, 0.1) is 22.7 Å². The average Bonchev–Trinajstić information content (AvgIpc) is 2.83. The van der Waals surface area contributed by atoms with Gasteiger partial charge in [-0.3, -0.25) is 9.59 Å². The average molecular weight is 380 g/mol. The molecule has 2 aromatic carbocycles. The van der Waals surface area contributed by atoms with Crippen molar-refractivity contribution in [2.75, 3.05) is 12.0 Å². The summed E-state index contributed by atoms with van der Waals surface area (Å²) in [7, 11) is 1.53. The maximum atomic E-state index is 12.5. The lowest BCUT2D eigenvalue weighted by Crippen LogP contribution is -2.27. The van der Waals surface area contributed by atoms with Gasteiger partial charge in [0.1, 0.15) is 5.75 Å². The second-order valence-corrected chi connectivity index (χ2v) is 6.72. The lowest BCUT2D eigenvalue weighted by Gasteiger charge is -2.12. The number of hydrogen-bond acceptors (Lipinski definition) is 4. The molecule has 122 valence electrons. The Balaban J connectivity index is 1.90. The molecule has 1 fully saturated rings. The first-order valence-electron chi connectivity index (χ1n) is 6.86. The molecule has 0 spiro atoms. The van der Waals surface area contributed by atoms with E-state index >= 15 is 0 Å². The standard InChI is InChI=1S/C17H11Cl2NO3S/c1-23-14-7-2-10(8-13(14)19)9-15-16(21)20(17(22)24-15)12-5-3-11(18)4-6-12/h2-9H,1H3/b15-9+. The van der Waals surface area contributed by atoms with Crippen LogP contribution in [-0.2, 0) is 4.79 Å². The van der Waals surface area contributed by atoms with Crippen LogP contribution in [0.25, 0.3) is 6.08 Å². The molecule has 3 rings (SSSR count). The monoisotopic (exact) mass is 379 g/mol. The predicted molar refractivity (Wildman–Crippen MR) is 97.9 cm³/mol. The summed E-state index contributed by atoms with van der Waals surface area (Å²) in [4.78, 5) is 26.2. The third-order valence-corrected chi connectivity index (χ3v) is 4.77. The highest BCUT2D eigenvalue weighted by Gasteiger charge is 2.36. The molecular formula is C17H11Cl2NO3S. The van der Waals surface area contributed by atoms with E-state index in [1.165, 1.54) is 7.11 Å². The SMILES string of the molecule is COc1ccc(/C=C2/SC(=O)N(c3ccc(Cl)cc3)C2=O)cc1Cl. The highest BCUT2D eigenvalue weighted by Crippen LogP contribution is 2.36. The van der Waals surface area contributed by atoms with E-state index in [2.05, 4.69) is 0 Å². The molecule has 7 heteroatoms. The number of ether oxygens (including phenoxy) is 1. The number of hydrogen-bond donors (Lipinski definition) is 0. The van der Waals surface area contributed by atoms with Crippen molar-refractivity contribution in [3.63, 3.8) is 0 Å². The molecule has 1 aliphatic rings. The normalized spacial score (nSPS) is 16.1. The number of imide groups is 1. The van der Waals surface area contributed by atoms with Gasteiger partial charge in [-0.2, -0.15) is 0 Å². The second-order valence-electron chi connectivity index (χ2n) is 4.89. The Kier molecular flexibility index (Phi) is 4.85. The topological polar surface area (TPSA) is 46.6 Å². The number of nitrogens with zero attached hydrogens (tertiary/aromatic N) is 1. The second kappa shape index (κ2) is 6.89. The highest BCUT2D eigenvalue weighted by atomic mass is 35.5. The van der Waals surface area contributed by atoms with Gasteiger partial charge in [-0.1, -0.05) is 29.3 Å². The number of methoxy groups -OCH3 is 1. The van der Waals surface area contributed by atoms with Gasteiger partial charge in [0.15, 0.2) is 0 Å². The number of carbonyl (C=O) groups is 2. The van der Waals surface area contributed by atoms with E-state index < -0.39 is 0 Å². The van der Waals surface area contributed by atoms with Gasteiger partial charge in [-0.25, -0.2) is 4.90 Å². The van der Waals surface area contributed by atoms with Crippen molar-refractivity contribution in [1.29, 1.82) is 0 Å². The molecular weight excluding hydrogens is 369 g/mol. The Morgan fingerprint density at radius 1 is 1.08 bits per heavy atom. The molecule has 1 heterocycles. The van der Waals surface area contributed by atoms with Crippen LogP contribution in [0.15, 0.2) is 47.4 Å². The summed E-state index contributed by atoms with van der Waals surface area (Å²) in [6, 6.07) is 11.7. The predicted octanol–water partition coefficient (Wildman–Crippen LogP) is 5.24. The number of carbonyl (C=O) groups excluding carboxylic acids is 2. The minimum absolute atomic E-state index is 0.330. The fourth-order valence-corrected chi connectivity index (χ4v) is 3.44. The fourth-order valence-electron chi connectivity index (χ4n) is 2.20. The molecule has 2 aromatic rings. The smallest absolute Gasteiger partial charge is 0.298 e. The summed E-state index contributed by atoms with van der Waals surface area (Å²) in [6.45, 7) is 0. The number of halogens is 2. The lowest BCUT2D eigenvalue weighted by atomic mass is 10.2. The van der Waals surface area contributed by atoms with Gasteiger partial charge in [0, 0.05) is 5.02 Å². The Morgan fingerprint density at radius 2 is 1.79 bits per heavy atom. The van der Waals surface area contributed by atoms with Crippen LogP contribution in [0.2, 0.25) is 10.0 Å². The van der Waals surface area contributed by atoms with Crippen LogP contribution in [0.1, 0.15) is 5.56 Å². The fraction of sp³-hybridized carbons (Fsp3) is 0.0588. The van der Waals surface area contributed by atoms with Crippen LogP contribution in [-0.4, -0.2) is 18.3 Å². The zero-order valence-electron chi connectivity index (χ0n) is 12.5. The van der Waals surface area contributed by atoms with Gasteiger partial charge < -0.3 is 4.74 Å². The Bertz CT molecular complexity index is 849. The third kappa shape index (κ3) is 3.29. The van der Waals surface area contributed by atoms with Crippen LogP contribution < -0.4 is 9.64 Å². The van der Waals surface area contributed by atoms with Crippen molar-refractivity contribution >= 4 is 57.9 Å². The van der Waals surface area contributed by atoms with Gasteiger partial charge in [-0.05, 0) is 59.8 Å². The van der Waals surface area contributed by atoms with Crippen molar-refractivity contribution in [3.05, 3.63) is 63.0 Å². The van der Waals surface area contributed by atoms with Crippen LogP contribution >= 0.6 is 35.0 Å². The lowest BCUT2D eigenvalue weighted by molar-refractivity contribution is -0.113. The summed E-state index contributed by atoms with van der Waals surface area (Å²) >= 11 is 12.8. The molecule has 1 aliphatic heterocycles. The molecule has 2 amide bonds. The van der Waals surface area contributed by atoms with Gasteiger partial charge in [0.2, 0.25) is 0 Å². The third-order valence-electron chi connectivity index (χ3n) is 3.35. The van der Waals surface area contributed by atoms with Crippen LogP contribution in [0, 0.1) is 0 Å². The van der Waals surface area contributed by atoms with Gasteiger partial charge in [-0.15, -0.1) is 0 Å². The zero-order valence-corrected chi connectivity index (χ0v) is 14.8. The number of amides is 2. The summed E-state index contributed by atoms with van der Waals surface area (Å²) in [5, 5.41) is 0.616. The molecule has 0 aliphatic carbocycles. The minimum Gasteiger partial charge on any atom is -0.495 e. The minimum atomic E-state index is -0.376. The number of benzene rings is 2. The molecule has 0 radical (unpaired) electrons. The quantitative estimate of drug-likeness (QED) is 0.683. The van der Waals surface area contributed by atoms with Crippen LogP contribution in [0.3, 0.4) is 0 Å². The van der Waals surface area contributed by atoms with E-state index in [4.69, 9.17) is 27.9 Å². The van der Waals surface area contributed by atoms with Crippen molar-refractivity contribution in [3.8, 4) is 5.75 Å². The van der Waals surface area contributed by atoms with Crippen molar-refractivity contribution in [2.45, 2.75) is 0 Å².